The highest BCUT2D eigenvalue weighted by Gasteiger charge is 2.44. The number of anilines is 1. The fourth-order valence-electron chi connectivity index (χ4n) is 3.24. The third-order valence-corrected chi connectivity index (χ3v) is 4.55. The van der Waals surface area contributed by atoms with Gasteiger partial charge in [-0.1, -0.05) is 12.1 Å². The van der Waals surface area contributed by atoms with Crippen molar-refractivity contribution in [3.63, 3.8) is 0 Å². The number of ether oxygens (including phenoxy) is 1. The number of benzene rings is 1. The van der Waals surface area contributed by atoms with Gasteiger partial charge in [0.25, 0.3) is 0 Å². The SMILES string of the molecule is Nc1ncnc2c1c(F)cn2[C@@H]1O[C@H](Cc2ccc(F)cc2)[C@@H](O)[C@H]1O. The number of hydrogen-bond acceptors (Lipinski definition) is 6. The summed E-state index contributed by atoms with van der Waals surface area (Å²) in [6.45, 7) is 0. The van der Waals surface area contributed by atoms with Crippen LogP contribution in [0.15, 0.2) is 36.8 Å². The Morgan fingerprint density at radius 2 is 1.85 bits per heavy atom. The quantitative estimate of drug-likeness (QED) is 0.645. The number of aliphatic hydroxyl groups is 2. The van der Waals surface area contributed by atoms with Crippen molar-refractivity contribution in [1.82, 2.24) is 14.5 Å². The van der Waals surface area contributed by atoms with E-state index in [1.807, 2.05) is 0 Å². The minimum Gasteiger partial charge on any atom is -0.388 e. The summed E-state index contributed by atoms with van der Waals surface area (Å²) in [6, 6.07) is 5.76. The molecule has 1 fully saturated rings. The molecule has 1 aromatic carbocycles. The number of aromatic nitrogens is 3. The van der Waals surface area contributed by atoms with E-state index in [2.05, 4.69) is 9.97 Å². The van der Waals surface area contributed by atoms with E-state index in [0.717, 1.165) is 11.8 Å². The zero-order valence-electron chi connectivity index (χ0n) is 13.5. The van der Waals surface area contributed by atoms with Gasteiger partial charge in [-0.15, -0.1) is 0 Å². The third kappa shape index (κ3) is 2.70. The molecular weight excluding hydrogens is 346 g/mol. The Labute approximate surface area is 146 Å². The van der Waals surface area contributed by atoms with Crippen LogP contribution in [0.1, 0.15) is 11.8 Å². The van der Waals surface area contributed by atoms with Gasteiger partial charge in [0.2, 0.25) is 0 Å². The average molecular weight is 362 g/mol. The van der Waals surface area contributed by atoms with Crippen LogP contribution in [0.2, 0.25) is 0 Å². The Balaban J connectivity index is 1.64. The summed E-state index contributed by atoms with van der Waals surface area (Å²) in [4.78, 5) is 7.75. The van der Waals surface area contributed by atoms with Gasteiger partial charge in [0, 0.05) is 12.6 Å². The molecule has 26 heavy (non-hydrogen) atoms. The van der Waals surface area contributed by atoms with Gasteiger partial charge in [0.15, 0.2) is 17.7 Å². The second-order valence-corrected chi connectivity index (χ2v) is 6.22. The van der Waals surface area contributed by atoms with Crippen LogP contribution in [-0.4, -0.2) is 43.1 Å². The molecule has 1 aliphatic rings. The Bertz CT molecular complexity index is 947. The van der Waals surface area contributed by atoms with Gasteiger partial charge in [-0.3, -0.25) is 0 Å². The van der Waals surface area contributed by atoms with E-state index in [-0.39, 0.29) is 29.1 Å². The molecule has 0 unspecified atom stereocenters. The van der Waals surface area contributed by atoms with Crippen molar-refractivity contribution in [3.05, 3.63) is 54.0 Å². The van der Waals surface area contributed by atoms with Crippen molar-refractivity contribution in [1.29, 1.82) is 0 Å². The standard InChI is InChI=1S/C17H16F2N4O3/c18-9-3-1-8(2-4-9)5-11-13(24)14(25)17(26-11)23-6-10(19)12-15(20)21-7-22-16(12)23/h1-4,6-7,11,13-14,17,24-25H,5H2,(H2,20,21,22)/t11-,13-,14-,17-/m1/s1. The number of fused-ring (bicyclic) bond motifs is 1. The zero-order valence-corrected chi connectivity index (χ0v) is 13.5. The third-order valence-electron chi connectivity index (χ3n) is 4.55. The second kappa shape index (κ2) is 6.27. The van der Waals surface area contributed by atoms with Gasteiger partial charge in [0.05, 0.1) is 11.5 Å². The fraction of sp³-hybridized carbons (Fsp3) is 0.294. The number of nitrogens with two attached hydrogens (primary N) is 1. The molecule has 0 aliphatic carbocycles. The smallest absolute Gasteiger partial charge is 0.164 e. The molecule has 0 radical (unpaired) electrons. The van der Waals surface area contributed by atoms with Crippen LogP contribution in [0.5, 0.6) is 0 Å². The number of nitrogens with zero attached hydrogens (tertiary/aromatic N) is 3. The van der Waals surface area contributed by atoms with Gasteiger partial charge in [-0.05, 0) is 17.7 Å². The highest BCUT2D eigenvalue weighted by molar-refractivity contribution is 5.86. The van der Waals surface area contributed by atoms with E-state index in [0.29, 0.717) is 0 Å². The predicted molar refractivity (Wildman–Crippen MR) is 87.9 cm³/mol. The molecular formula is C17H16F2N4O3. The number of aliphatic hydroxyl groups excluding tert-OH is 2. The van der Waals surface area contributed by atoms with Gasteiger partial charge in [-0.2, -0.15) is 0 Å². The Hall–Kier alpha value is -2.62. The summed E-state index contributed by atoms with van der Waals surface area (Å²) in [5, 5.41) is 20.7. The number of hydrogen-bond donors (Lipinski definition) is 3. The van der Waals surface area contributed by atoms with Crippen LogP contribution in [0.3, 0.4) is 0 Å². The molecule has 1 aliphatic heterocycles. The predicted octanol–water partition coefficient (Wildman–Crippen LogP) is 1.15. The molecule has 3 aromatic rings. The average Bonchev–Trinajstić information content (AvgIpc) is 3.09. The summed E-state index contributed by atoms with van der Waals surface area (Å²) in [5.74, 6) is -1.04. The van der Waals surface area contributed by atoms with Crippen LogP contribution < -0.4 is 5.73 Å². The molecule has 1 saturated heterocycles. The molecule has 9 heteroatoms. The van der Waals surface area contributed by atoms with Gasteiger partial charge >= 0.3 is 0 Å². The van der Waals surface area contributed by atoms with Crippen LogP contribution in [0.4, 0.5) is 14.6 Å². The number of rotatable bonds is 3. The molecule has 0 saturated carbocycles. The van der Waals surface area contributed by atoms with E-state index >= 15 is 0 Å². The van der Waals surface area contributed by atoms with E-state index in [1.165, 1.54) is 23.0 Å². The second-order valence-electron chi connectivity index (χ2n) is 6.22. The molecule has 3 heterocycles. The Kier molecular flexibility index (Phi) is 4.06. The Morgan fingerprint density at radius 1 is 1.12 bits per heavy atom. The molecule has 136 valence electrons. The molecule has 4 rings (SSSR count). The van der Waals surface area contributed by atoms with Gasteiger partial charge in [-0.25, -0.2) is 18.7 Å². The van der Waals surface area contributed by atoms with Crippen molar-refractivity contribution in [2.24, 2.45) is 0 Å². The first-order valence-electron chi connectivity index (χ1n) is 7.98. The summed E-state index contributed by atoms with van der Waals surface area (Å²) in [7, 11) is 0. The van der Waals surface area contributed by atoms with E-state index in [1.54, 1.807) is 12.1 Å². The van der Waals surface area contributed by atoms with Crippen molar-refractivity contribution in [2.75, 3.05) is 5.73 Å². The molecule has 7 nitrogen and oxygen atoms in total. The van der Waals surface area contributed by atoms with Crippen LogP contribution >= 0.6 is 0 Å². The maximum absolute atomic E-state index is 14.2. The van der Waals surface area contributed by atoms with E-state index in [9.17, 15) is 19.0 Å². The fourth-order valence-corrected chi connectivity index (χ4v) is 3.24. The van der Waals surface area contributed by atoms with Crippen molar-refractivity contribution >= 4 is 16.9 Å². The van der Waals surface area contributed by atoms with Crippen LogP contribution in [-0.2, 0) is 11.2 Å². The minimum absolute atomic E-state index is 0.0258. The van der Waals surface area contributed by atoms with Crippen molar-refractivity contribution in [3.8, 4) is 0 Å². The van der Waals surface area contributed by atoms with Crippen molar-refractivity contribution < 1.29 is 23.7 Å². The minimum atomic E-state index is -1.30. The Morgan fingerprint density at radius 3 is 2.58 bits per heavy atom. The number of nitrogen functional groups attached to an aromatic ring is 1. The lowest BCUT2D eigenvalue weighted by molar-refractivity contribution is -0.0344. The first kappa shape index (κ1) is 16.8. The van der Waals surface area contributed by atoms with Gasteiger partial charge < -0.3 is 25.3 Å². The summed E-state index contributed by atoms with van der Waals surface area (Å²) in [5.41, 5.74) is 6.58. The topological polar surface area (TPSA) is 106 Å². The summed E-state index contributed by atoms with van der Waals surface area (Å²) < 4.78 is 34.3. The maximum Gasteiger partial charge on any atom is 0.164 e. The lowest BCUT2D eigenvalue weighted by Crippen LogP contribution is -2.32. The zero-order chi connectivity index (χ0) is 18.4. The monoisotopic (exact) mass is 362 g/mol. The molecule has 4 N–H and O–H groups in total. The van der Waals surface area contributed by atoms with E-state index in [4.69, 9.17) is 10.5 Å². The van der Waals surface area contributed by atoms with Crippen molar-refractivity contribution in [2.45, 2.75) is 31.0 Å². The molecule has 0 bridgehead atoms. The molecule has 2 aromatic heterocycles. The molecule has 0 amide bonds. The highest BCUT2D eigenvalue weighted by atomic mass is 19.1. The van der Waals surface area contributed by atoms with Crippen LogP contribution in [0, 0.1) is 11.6 Å². The lowest BCUT2D eigenvalue weighted by Gasteiger charge is -2.17. The maximum atomic E-state index is 14.2. The normalized spacial score (nSPS) is 25.8. The largest absolute Gasteiger partial charge is 0.388 e. The van der Waals surface area contributed by atoms with Crippen LogP contribution in [0.25, 0.3) is 11.0 Å². The first-order valence-corrected chi connectivity index (χ1v) is 7.98. The van der Waals surface area contributed by atoms with E-state index < -0.39 is 30.4 Å². The summed E-state index contributed by atoms with van der Waals surface area (Å²) >= 11 is 0. The highest BCUT2D eigenvalue weighted by Crippen LogP contribution is 2.35. The molecule has 0 spiro atoms. The first-order chi connectivity index (χ1) is 12.5. The van der Waals surface area contributed by atoms with Gasteiger partial charge in [0.1, 0.15) is 30.2 Å². The summed E-state index contributed by atoms with van der Waals surface area (Å²) in [6.07, 6.45) is -1.75. The number of halogens is 2. The lowest BCUT2D eigenvalue weighted by atomic mass is 10.0. The molecule has 4 atom stereocenters.